The minimum absolute atomic E-state index is 0. The average Bonchev–Trinajstić information content (AvgIpc) is 0.722. The van der Waals surface area contributed by atoms with Gasteiger partial charge in [-0.3, -0.25) is 0 Å². The van der Waals surface area contributed by atoms with Gasteiger partial charge in [-0.2, -0.15) is 0 Å². The van der Waals surface area contributed by atoms with Gasteiger partial charge in [-0.25, -0.2) is 0 Å². The highest BCUT2D eigenvalue weighted by Gasteiger charge is 1.88. The summed E-state index contributed by atoms with van der Waals surface area (Å²) in [6.07, 6.45) is 0. The molecule has 0 aliphatic carbocycles. The van der Waals surface area contributed by atoms with Gasteiger partial charge in [-0.1, -0.05) is 0 Å². The highest BCUT2D eigenvalue weighted by atomic mass is 79.9. The quantitative estimate of drug-likeness (QED) is 0.441. The lowest BCUT2D eigenvalue weighted by Gasteiger charge is -2.14. The highest BCUT2D eigenvalue weighted by Crippen LogP contribution is 1.73. The number of halogens is 1. The molecule has 0 rings (SSSR count). The van der Waals surface area contributed by atoms with Crippen LogP contribution in [0.25, 0.3) is 0 Å². The van der Waals surface area contributed by atoms with Crippen LogP contribution in [0.3, 0.4) is 0 Å². The van der Waals surface area contributed by atoms with Crippen LogP contribution in [0.1, 0.15) is 0 Å². The molecule has 2 heteroatoms. The van der Waals surface area contributed by atoms with Gasteiger partial charge in [-0.05, 0) is 0 Å². The summed E-state index contributed by atoms with van der Waals surface area (Å²) < 4.78 is 1.00. The van der Waals surface area contributed by atoms with Crippen molar-refractivity contribution in [2.75, 3.05) is 28.2 Å². The molecular formula is C4H12BrN+2. The molecule has 0 bridgehead atoms. The normalized spacial score (nSPS) is 10.0. The standard InChI is InChI=1S/C4H12N.Br/c1-5(2,3)4;/h1-4H3;/q2*+1. The molecule has 0 aliphatic rings. The summed E-state index contributed by atoms with van der Waals surface area (Å²) in [4.78, 5) is 0. The molecular weight excluding hydrogens is 142 g/mol. The highest BCUT2D eigenvalue weighted by molar-refractivity contribution is 3.87. The van der Waals surface area contributed by atoms with Crippen molar-refractivity contribution in [2.24, 2.45) is 0 Å². The molecule has 1 nitrogen and oxygen atoms in total. The third kappa shape index (κ3) is 271. The number of rotatable bonds is 0. The summed E-state index contributed by atoms with van der Waals surface area (Å²) in [5.41, 5.74) is 0. The predicted molar refractivity (Wildman–Crippen MR) is 24.0 cm³/mol. The van der Waals surface area contributed by atoms with E-state index in [1.54, 1.807) is 0 Å². The predicted octanol–water partition coefficient (Wildman–Crippen LogP) is 0.322. The number of quaternary nitrogens is 1. The van der Waals surface area contributed by atoms with E-state index in [1.807, 2.05) is 0 Å². The lowest BCUT2D eigenvalue weighted by Crippen LogP contribution is -2.27. The van der Waals surface area contributed by atoms with E-state index in [2.05, 4.69) is 28.2 Å². The van der Waals surface area contributed by atoms with Crippen molar-refractivity contribution in [3.05, 3.63) is 0 Å². The van der Waals surface area contributed by atoms with Crippen LogP contribution >= 0.6 is 0 Å². The molecule has 0 N–H and O–H groups in total. The van der Waals surface area contributed by atoms with Crippen LogP contribution in [0.4, 0.5) is 0 Å². The molecule has 0 saturated heterocycles. The average molecular weight is 154 g/mol. The van der Waals surface area contributed by atoms with E-state index in [1.165, 1.54) is 0 Å². The van der Waals surface area contributed by atoms with E-state index in [9.17, 15) is 0 Å². The second-order valence-corrected chi connectivity index (χ2v) is 2.68. The van der Waals surface area contributed by atoms with Crippen LogP contribution in [-0.2, 0) is 0 Å². The van der Waals surface area contributed by atoms with Crippen molar-refractivity contribution in [3.63, 3.8) is 0 Å². The molecule has 6 heavy (non-hydrogen) atoms. The van der Waals surface area contributed by atoms with Crippen LogP contribution < -0.4 is 0 Å². The Bertz CT molecular complexity index is 23.0. The first kappa shape index (κ1) is 9.67. The Labute approximate surface area is 50.3 Å². The second-order valence-electron chi connectivity index (χ2n) is 2.68. The summed E-state index contributed by atoms with van der Waals surface area (Å²) >= 11 is 0. The van der Waals surface area contributed by atoms with Gasteiger partial charge >= 0.3 is 17.0 Å². The minimum atomic E-state index is 0. The zero-order valence-corrected chi connectivity index (χ0v) is 6.41. The van der Waals surface area contributed by atoms with Gasteiger partial charge < -0.3 is 4.48 Å². The summed E-state index contributed by atoms with van der Waals surface area (Å²) in [6, 6.07) is 0. The smallest absolute Gasteiger partial charge is 0.333 e. The van der Waals surface area contributed by atoms with E-state index in [0.717, 1.165) is 4.48 Å². The van der Waals surface area contributed by atoms with Crippen LogP contribution in [0, 0.1) is 17.0 Å². The topological polar surface area (TPSA) is 0 Å². The van der Waals surface area contributed by atoms with Crippen molar-refractivity contribution in [3.8, 4) is 0 Å². The first-order valence-electron chi connectivity index (χ1n) is 1.79. The molecule has 0 spiro atoms. The van der Waals surface area contributed by atoms with Gasteiger partial charge in [0.05, 0.1) is 28.2 Å². The molecule has 38 valence electrons. The summed E-state index contributed by atoms with van der Waals surface area (Å²) in [5, 5.41) is 0. The third-order valence-electron chi connectivity index (χ3n) is 0. The molecule has 0 atom stereocenters. The van der Waals surface area contributed by atoms with E-state index in [0.29, 0.717) is 0 Å². The summed E-state index contributed by atoms with van der Waals surface area (Å²) in [6.45, 7) is 0. The Morgan fingerprint density at radius 1 is 0.833 bits per heavy atom. The maximum Gasteiger partial charge on any atom is 1.00 e. The third-order valence-corrected chi connectivity index (χ3v) is 0. The number of hydrogen-bond donors (Lipinski definition) is 0. The van der Waals surface area contributed by atoms with Gasteiger partial charge in [0, 0.05) is 0 Å². The Balaban J connectivity index is 0. The lowest BCUT2D eigenvalue weighted by molar-refractivity contribution is -0.849. The van der Waals surface area contributed by atoms with Gasteiger partial charge in [0.15, 0.2) is 0 Å². The fraction of sp³-hybridized carbons (Fsp3) is 1.00. The number of hydrogen-bond acceptors (Lipinski definition) is 0. The van der Waals surface area contributed by atoms with E-state index in [4.69, 9.17) is 0 Å². The SMILES string of the molecule is C[N+](C)(C)C.[Br+]. The lowest BCUT2D eigenvalue weighted by atomic mass is 10.8. The maximum absolute atomic E-state index is 2.12. The van der Waals surface area contributed by atoms with Crippen LogP contribution in [-0.4, -0.2) is 32.7 Å². The summed E-state index contributed by atoms with van der Waals surface area (Å²) in [5.74, 6) is 0. The monoisotopic (exact) mass is 153 g/mol. The zero-order valence-electron chi connectivity index (χ0n) is 4.83. The second kappa shape index (κ2) is 2.59. The minimum Gasteiger partial charge on any atom is -0.333 e. The van der Waals surface area contributed by atoms with Gasteiger partial charge in [0.2, 0.25) is 0 Å². The Morgan fingerprint density at radius 3 is 0.833 bits per heavy atom. The van der Waals surface area contributed by atoms with Crippen molar-refractivity contribution in [1.82, 2.24) is 0 Å². The zero-order chi connectivity index (χ0) is 4.50. The first-order valence-corrected chi connectivity index (χ1v) is 1.79. The van der Waals surface area contributed by atoms with Crippen LogP contribution in [0.15, 0.2) is 0 Å². The fourth-order valence-electron chi connectivity index (χ4n) is 0. The van der Waals surface area contributed by atoms with Crippen molar-refractivity contribution >= 4 is 0 Å². The molecule has 0 saturated carbocycles. The molecule has 0 unspecified atom stereocenters. The summed E-state index contributed by atoms with van der Waals surface area (Å²) in [7, 11) is 8.50. The number of nitrogens with zero attached hydrogens (tertiary/aromatic N) is 1. The Kier molecular flexibility index (Phi) is 4.17. The molecule has 0 aromatic carbocycles. The molecule has 0 aliphatic heterocycles. The van der Waals surface area contributed by atoms with E-state index < -0.39 is 0 Å². The fourth-order valence-corrected chi connectivity index (χ4v) is 0. The van der Waals surface area contributed by atoms with Crippen LogP contribution in [0.5, 0.6) is 0 Å². The van der Waals surface area contributed by atoms with E-state index in [-0.39, 0.29) is 17.0 Å². The molecule has 0 heterocycles. The van der Waals surface area contributed by atoms with Crippen molar-refractivity contribution in [1.29, 1.82) is 0 Å². The van der Waals surface area contributed by atoms with Gasteiger partial charge in [-0.15, -0.1) is 0 Å². The van der Waals surface area contributed by atoms with Gasteiger partial charge in [0.25, 0.3) is 0 Å². The largest absolute Gasteiger partial charge is 1.00 e. The Morgan fingerprint density at radius 2 is 0.833 bits per heavy atom. The molecule has 0 fully saturated rings. The molecule has 0 aromatic heterocycles. The molecule has 0 amide bonds. The first-order chi connectivity index (χ1) is 2.00. The molecule has 0 aromatic rings. The molecule has 2 radical (unpaired) electrons. The maximum atomic E-state index is 2.12. The van der Waals surface area contributed by atoms with Gasteiger partial charge in [0.1, 0.15) is 0 Å². The van der Waals surface area contributed by atoms with Crippen LogP contribution in [0.2, 0.25) is 0 Å². The van der Waals surface area contributed by atoms with E-state index >= 15 is 0 Å². The van der Waals surface area contributed by atoms with Crippen molar-refractivity contribution in [2.45, 2.75) is 0 Å². The van der Waals surface area contributed by atoms with Crippen molar-refractivity contribution < 1.29 is 21.5 Å². The Hall–Kier alpha value is 0.440.